The normalized spacial score (nSPS) is 11.1. The fourth-order valence-corrected chi connectivity index (χ4v) is 2.26. The summed E-state index contributed by atoms with van der Waals surface area (Å²) in [6.07, 6.45) is -4.59. The van der Waals surface area contributed by atoms with E-state index in [1.807, 2.05) is 6.92 Å². The molecule has 2 aromatic carbocycles. The van der Waals surface area contributed by atoms with Crippen LogP contribution in [0.25, 0.3) is 0 Å². The Kier molecular flexibility index (Phi) is 7.60. The Morgan fingerprint density at radius 1 is 1.03 bits per heavy atom. The van der Waals surface area contributed by atoms with Crippen LogP contribution in [-0.4, -0.2) is 38.8 Å². The van der Waals surface area contributed by atoms with Crippen LogP contribution in [0.1, 0.15) is 21.5 Å². The van der Waals surface area contributed by atoms with Crippen molar-refractivity contribution in [3.63, 3.8) is 0 Å². The first-order valence-electron chi connectivity index (χ1n) is 8.57. The fourth-order valence-electron chi connectivity index (χ4n) is 2.26. The summed E-state index contributed by atoms with van der Waals surface area (Å²) < 4.78 is 54.0. The van der Waals surface area contributed by atoms with Crippen LogP contribution in [-0.2, 0) is 20.4 Å². The zero-order valence-electron chi connectivity index (χ0n) is 15.8. The number of ether oxygens (including phenoxy) is 3. The van der Waals surface area contributed by atoms with Gasteiger partial charge < -0.3 is 19.5 Å². The molecule has 0 saturated carbocycles. The Bertz CT molecular complexity index is 850. The van der Waals surface area contributed by atoms with Gasteiger partial charge in [0, 0.05) is 7.11 Å². The lowest BCUT2D eigenvalue weighted by Gasteiger charge is -2.15. The molecule has 0 fully saturated rings. The van der Waals surface area contributed by atoms with Gasteiger partial charge in [0.05, 0.1) is 23.4 Å². The summed E-state index contributed by atoms with van der Waals surface area (Å²) in [5.74, 6) is -1.49. The highest BCUT2D eigenvalue weighted by molar-refractivity contribution is 5.96. The third-order valence-corrected chi connectivity index (χ3v) is 3.75. The second-order valence-corrected chi connectivity index (χ2v) is 6.04. The minimum absolute atomic E-state index is 0.0354. The molecular weight excluding hydrogens is 391 g/mol. The van der Waals surface area contributed by atoms with E-state index < -0.39 is 30.2 Å². The highest BCUT2D eigenvalue weighted by Crippen LogP contribution is 2.35. The van der Waals surface area contributed by atoms with E-state index >= 15 is 0 Å². The van der Waals surface area contributed by atoms with Crippen LogP contribution in [0.15, 0.2) is 42.5 Å². The molecule has 0 radical (unpaired) electrons. The summed E-state index contributed by atoms with van der Waals surface area (Å²) in [5, 5.41) is 2.28. The van der Waals surface area contributed by atoms with Gasteiger partial charge in [-0.2, -0.15) is 13.2 Å². The van der Waals surface area contributed by atoms with Crippen LogP contribution in [0.2, 0.25) is 0 Å². The monoisotopic (exact) mass is 411 g/mol. The number of methoxy groups -OCH3 is 1. The second kappa shape index (κ2) is 9.92. The molecule has 0 aliphatic heterocycles. The molecule has 156 valence electrons. The van der Waals surface area contributed by atoms with E-state index in [-0.39, 0.29) is 30.2 Å². The molecule has 2 rings (SSSR count). The van der Waals surface area contributed by atoms with E-state index in [9.17, 15) is 22.8 Å². The van der Waals surface area contributed by atoms with Crippen molar-refractivity contribution in [2.45, 2.75) is 13.1 Å². The van der Waals surface area contributed by atoms with Crippen molar-refractivity contribution in [3.8, 4) is 5.75 Å². The van der Waals surface area contributed by atoms with Crippen molar-refractivity contribution in [1.29, 1.82) is 0 Å². The molecule has 2 aromatic rings. The Morgan fingerprint density at radius 2 is 1.72 bits per heavy atom. The summed E-state index contributed by atoms with van der Waals surface area (Å²) in [5.41, 5.74) is 0.0618. The minimum atomic E-state index is -4.59. The molecule has 0 aliphatic rings. The van der Waals surface area contributed by atoms with Crippen molar-refractivity contribution in [1.82, 2.24) is 0 Å². The van der Waals surface area contributed by atoms with Crippen LogP contribution < -0.4 is 10.1 Å². The number of hydrogen-bond donors (Lipinski definition) is 1. The van der Waals surface area contributed by atoms with Gasteiger partial charge >= 0.3 is 12.1 Å². The molecule has 0 aromatic heterocycles. The number of rotatable bonds is 8. The minimum Gasteiger partial charge on any atom is -0.489 e. The molecule has 0 bridgehead atoms. The molecule has 1 N–H and O–H groups in total. The van der Waals surface area contributed by atoms with Gasteiger partial charge in [0.1, 0.15) is 12.4 Å². The van der Waals surface area contributed by atoms with Gasteiger partial charge in [0.15, 0.2) is 6.61 Å². The second-order valence-electron chi connectivity index (χ2n) is 6.04. The molecule has 29 heavy (non-hydrogen) atoms. The molecule has 0 spiro atoms. The summed E-state index contributed by atoms with van der Waals surface area (Å²) in [4.78, 5) is 24.0. The first kappa shape index (κ1) is 22.2. The third-order valence-electron chi connectivity index (χ3n) is 3.75. The number of carbonyl (C=O) groups excluding carboxylic acids is 2. The standard InChI is InChI=1S/C20H20F3NO5/c1-13-3-5-14(6-4-13)19(26)29-12-18(25)24-16-11-15(20(21,22)23)7-8-17(16)28-10-9-27-2/h3-8,11H,9-10,12H2,1-2H3,(H,24,25). The predicted octanol–water partition coefficient (Wildman–Crippen LogP) is 3.83. The number of benzene rings is 2. The summed E-state index contributed by atoms with van der Waals surface area (Å²) in [7, 11) is 1.45. The molecule has 0 unspecified atom stereocenters. The van der Waals surface area contributed by atoms with Crippen molar-refractivity contribution in [3.05, 3.63) is 59.2 Å². The molecule has 6 nitrogen and oxygen atoms in total. The van der Waals surface area contributed by atoms with Crippen LogP contribution in [0, 0.1) is 6.92 Å². The first-order valence-corrected chi connectivity index (χ1v) is 8.57. The maximum absolute atomic E-state index is 13.0. The summed E-state index contributed by atoms with van der Waals surface area (Å²) >= 11 is 0. The zero-order chi connectivity index (χ0) is 21.4. The number of hydrogen-bond acceptors (Lipinski definition) is 5. The number of aryl methyl sites for hydroxylation is 1. The molecule has 0 heterocycles. The molecule has 0 aliphatic carbocycles. The number of halogens is 3. The van der Waals surface area contributed by atoms with Crippen LogP contribution in [0.5, 0.6) is 5.75 Å². The lowest BCUT2D eigenvalue weighted by atomic mass is 10.1. The van der Waals surface area contributed by atoms with Gasteiger partial charge in [-0.25, -0.2) is 4.79 Å². The SMILES string of the molecule is COCCOc1ccc(C(F)(F)F)cc1NC(=O)COC(=O)c1ccc(C)cc1. The first-order chi connectivity index (χ1) is 13.7. The highest BCUT2D eigenvalue weighted by atomic mass is 19.4. The average molecular weight is 411 g/mol. The Balaban J connectivity index is 2.06. The van der Waals surface area contributed by atoms with Gasteiger partial charge in [-0.05, 0) is 37.3 Å². The average Bonchev–Trinajstić information content (AvgIpc) is 2.67. The fraction of sp³-hybridized carbons (Fsp3) is 0.300. The highest BCUT2D eigenvalue weighted by Gasteiger charge is 2.31. The lowest BCUT2D eigenvalue weighted by molar-refractivity contribution is -0.137. The Morgan fingerprint density at radius 3 is 2.34 bits per heavy atom. The third kappa shape index (κ3) is 6.79. The van der Waals surface area contributed by atoms with E-state index in [1.54, 1.807) is 24.3 Å². The number of esters is 1. The van der Waals surface area contributed by atoms with Crippen LogP contribution in [0.3, 0.4) is 0 Å². The van der Waals surface area contributed by atoms with Gasteiger partial charge in [-0.1, -0.05) is 17.7 Å². The number of amides is 1. The van der Waals surface area contributed by atoms with E-state index in [1.165, 1.54) is 7.11 Å². The largest absolute Gasteiger partial charge is 0.489 e. The lowest BCUT2D eigenvalue weighted by Crippen LogP contribution is -2.22. The van der Waals surface area contributed by atoms with Crippen molar-refractivity contribution in [2.75, 3.05) is 32.2 Å². The summed E-state index contributed by atoms with van der Waals surface area (Å²) in [6.45, 7) is 1.47. The van der Waals surface area contributed by atoms with E-state index in [4.69, 9.17) is 14.2 Å². The maximum Gasteiger partial charge on any atom is 0.416 e. The van der Waals surface area contributed by atoms with Gasteiger partial charge in [0.2, 0.25) is 0 Å². The van der Waals surface area contributed by atoms with Crippen molar-refractivity contribution < 1.29 is 37.0 Å². The number of nitrogens with one attached hydrogen (secondary N) is 1. The van der Waals surface area contributed by atoms with Crippen LogP contribution in [0.4, 0.5) is 18.9 Å². The Hall–Kier alpha value is -3.07. The smallest absolute Gasteiger partial charge is 0.416 e. The molecule has 0 saturated heterocycles. The number of carbonyl (C=O) groups is 2. The van der Waals surface area contributed by atoms with Crippen LogP contribution >= 0.6 is 0 Å². The summed E-state index contributed by atoms with van der Waals surface area (Å²) in [6, 6.07) is 9.21. The van der Waals surface area contributed by atoms with Crippen molar-refractivity contribution in [2.24, 2.45) is 0 Å². The van der Waals surface area contributed by atoms with E-state index in [0.29, 0.717) is 0 Å². The quantitative estimate of drug-likeness (QED) is 0.528. The molecule has 1 amide bonds. The van der Waals surface area contributed by atoms with Gasteiger partial charge in [-0.15, -0.1) is 0 Å². The number of alkyl halides is 3. The topological polar surface area (TPSA) is 73.9 Å². The Labute approximate surface area is 165 Å². The van der Waals surface area contributed by atoms with E-state index in [0.717, 1.165) is 23.8 Å². The zero-order valence-corrected chi connectivity index (χ0v) is 15.8. The van der Waals surface area contributed by atoms with Crippen molar-refractivity contribution >= 4 is 17.6 Å². The van der Waals surface area contributed by atoms with E-state index in [2.05, 4.69) is 5.32 Å². The molecule has 9 heteroatoms. The predicted molar refractivity (Wildman–Crippen MR) is 98.9 cm³/mol. The van der Waals surface area contributed by atoms with Gasteiger partial charge in [0.25, 0.3) is 5.91 Å². The number of anilines is 1. The molecular formula is C20H20F3NO5. The molecule has 0 atom stereocenters. The van der Waals surface area contributed by atoms with Gasteiger partial charge in [-0.3, -0.25) is 4.79 Å². The maximum atomic E-state index is 13.0.